The molecule has 9 heteroatoms. The van der Waals surface area contributed by atoms with Gasteiger partial charge in [0.25, 0.3) is 0 Å². The number of hydrogen-bond acceptors (Lipinski definition) is 6. The van der Waals surface area contributed by atoms with Gasteiger partial charge in [-0.15, -0.1) is 0 Å². The van der Waals surface area contributed by atoms with Gasteiger partial charge in [0.1, 0.15) is 0 Å². The van der Waals surface area contributed by atoms with Gasteiger partial charge in [-0.1, -0.05) is 0 Å². The van der Waals surface area contributed by atoms with E-state index >= 15 is 0 Å². The van der Waals surface area contributed by atoms with Crippen LogP contribution >= 0.6 is 12.2 Å². The Morgan fingerprint density at radius 1 is 1.45 bits per heavy atom. The van der Waals surface area contributed by atoms with Crippen LogP contribution in [0.5, 0.6) is 0 Å². The SMILES string of the molecule is CNNC(=S)Nc1nccn2c(C3=CNNC3)cnc12. The monoisotopic (exact) mass is 290 g/mol. The molecule has 2 aromatic heterocycles. The average Bonchev–Trinajstić information content (AvgIpc) is 3.07. The predicted molar refractivity (Wildman–Crippen MR) is 80.5 cm³/mol. The highest BCUT2D eigenvalue weighted by molar-refractivity contribution is 7.80. The van der Waals surface area contributed by atoms with Crippen LogP contribution in [-0.4, -0.2) is 33.1 Å². The molecule has 2 aromatic rings. The first-order valence-corrected chi connectivity index (χ1v) is 6.44. The highest BCUT2D eigenvalue weighted by atomic mass is 32.1. The molecule has 20 heavy (non-hydrogen) atoms. The fourth-order valence-electron chi connectivity index (χ4n) is 2.00. The molecular weight excluding hydrogens is 276 g/mol. The van der Waals surface area contributed by atoms with Crippen molar-refractivity contribution in [3.63, 3.8) is 0 Å². The van der Waals surface area contributed by atoms with Crippen LogP contribution in [0.25, 0.3) is 11.2 Å². The van der Waals surface area contributed by atoms with E-state index in [1.54, 1.807) is 13.2 Å². The normalized spacial score (nSPS) is 13.9. The third-order valence-corrected chi connectivity index (χ3v) is 3.06. The van der Waals surface area contributed by atoms with Crippen molar-refractivity contribution in [1.29, 1.82) is 0 Å². The van der Waals surface area contributed by atoms with Gasteiger partial charge in [0, 0.05) is 37.8 Å². The summed E-state index contributed by atoms with van der Waals surface area (Å²) in [4.78, 5) is 8.68. The van der Waals surface area contributed by atoms with Gasteiger partial charge in [-0.3, -0.25) is 9.83 Å². The molecule has 0 unspecified atom stereocenters. The number of anilines is 1. The zero-order valence-electron chi connectivity index (χ0n) is 10.8. The number of rotatable bonds is 3. The summed E-state index contributed by atoms with van der Waals surface area (Å²) in [5.74, 6) is 0.603. The lowest BCUT2D eigenvalue weighted by atomic mass is 10.2. The lowest BCUT2D eigenvalue weighted by Gasteiger charge is -2.09. The van der Waals surface area contributed by atoms with Crippen LogP contribution in [0, 0.1) is 0 Å². The van der Waals surface area contributed by atoms with Crippen molar-refractivity contribution in [2.75, 3.05) is 18.9 Å². The average molecular weight is 290 g/mol. The van der Waals surface area contributed by atoms with E-state index < -0.39 is 0 Å². The van der Waals surface area contributed by atoms with Crippen LogP contribution in [0.4, 0.5) is 5.82 Å². The van der Waals surface area contributed by atoms with Gasteiger partial charge >= 0.3 is 0 Å². The van der Waals surface area contributed by atoms with Gasteiger partial charge in [0.2, 0.25) is 0 Å². The summed E-state index contributed by atoms with van der Waals surface area (Å²) >= 11 is 5.12. The van der Waals surface area contributed by atoms with E-state index in [2.05, 4.69) is 37.0 Å². The summed E-state index contributed by atoms with van der Waals surface area (Å²) in [5.41, 5.74) is 14.4. The summed E-state index contributed by atoms with van der Waals surface area (Å²) in [5, 5.41) is 3.43. The maximum atomic E-state index is 5.12. The molecule has 1 aliphatic heterocycles. The van der Waals surface area contributed by atoms with Crippen LogP contribution in [0.2, 0.25) is 0 Å². The lowest BCUT2D eigenvalue weighted by molar-refractivity contribution is 0.729. The van der Waals surface area contributed by atoms with Crippen LogP contribution in [0.15, 0.2) is 24.8 Å². The van der Waals surface area contributed by atoms with Gasteiger partial charge in [-0.25, -0.2) is 20.8 Å². The molecule has 104 valence electrons. The summed E-state index contributed by atoms with van der Waals surface area (Å²) in [6, 6.07) is 0. The Balaban J connectivity index is 1.97. The summed E-state index contributed by atoms with van der Waals surface area (Å²) in [6.07, 6.45) is 7.32. The Bertz CT molecular complexity index is 676. The molecule has 0 amide bonds. The van der Waals surface area contributed by atoms with Crippen LogP contribution < -0.4 is 27.0 Å². The second-order valence-electron chi connectivity index (χ2n) is 4.11. The van der Waals surface area contributed by atoms with Gasteiger partial charge in [0.15, 0.2) is 16.6 Å². The molecule has 8 nitrogen and oxygen atoms in total. The Kier molecular flexibility index (Phi) is 3.46. The second kappa shape index (κ2) is 5.41. The number of hydrazine groups is 2. The molecule has 3 rings (SSSR count). The number of nitrogens with zero attached hydrogens (tertiary/aromatic N) is 3. The van der Waals surface area contributed by atoms with Crippen molar-refractivity contribution in [2.45, 2.75) is 0 Å². The van der Waals surface area contributed by atoms with Gasteiger partial charge in [0.05, 0.1) is 11.9 Å². The van der Waals surface area contributed by atoms with Crippen molar-refractivity contribution >= 4 is 34.4 Å². The van der Waals surface area contributed by atoms with Crippen molar-refractivity contribution < 1.29 is 0 Å². The van der Waals surface area contributed by atoms with Gasteiger partial charge < -0.3 is 10.7 Å². The summed E-state index contributed by atoms with van der Waals surface area (Å²) < 4.78 is 1.97. The van der Waals surface area contributed by atoms with Gasteiger partial charge in [-0.2, -0.15) is 0 Å². The van der Waals surface area contributed by atoms with E-state index in [1.807, 2.05) is 23.0 Å². The molecule has 0 aromatic carbocycles. The summed E-state index contributed by atoms with van der Waals surface area (Å²) in [6.45, 7) is 0.749. The molecular formula is C11H14N8S. The number of thiocarbonyl (C=S) groups is 1. The quantitative estimate of drug-likeness (QED) is 0.385. The molecule has 0 bridgehead atoms. The topological polar surface area (TPSA) is 90.3 Å². The van der Waals surface area contributed by atoms with E-state index in [9.17, 15) is 0 Å². The zero-order valence-corrected chi connectivity index (χ0v) is 11.6. The molecule has 3 heterocycles. The van der Waals surface area contributed by atoms with Crippen LogP contribution in [-0.2, 0) is 0 Å². The maximum absolute atomic E-state index is 5.12. The Labute approximate surface area is 120 Å². The molecule has 5 N–H and O–H groups in total. The lowest BCUT2D eigenvalue weighted by Crippen LogP contribution is -2.37. The molecule has 0 fully saturated rings. The molecule has 0 aliphatic carbocycles. The van der Waals surface area contributed by atoms with Crippen molar-refractivity contribution in [3.8, 4) is 0 Å². The summed E-state index contributed by atoms with van der Waals surface area (Å²) in [7, 11) is 1.74. The molecule has 1 aliphatic rings. The Hall–Kier alpha value is -2.23. The zero-order chi connectivity index (χ0) is 13.9. The minimum absolute atomic E-state index is 0.432. The number of hydrogen-bond donors (Lipinski definition) is 5. The van der Waals surface area contributed by atoms with Crippen molar-refractivity contribution in [2.24, 2.45) is 0 Å². The van der Waals surface area contributed by atoms with E-state index in [0.717, 1.165) is 23.5 Å². The number of nitrogens with one attached hydrogen (secondary N) is 5. The minimum atomic E-state index is 0.432. The third kappa shape index (κ3) is 2.29. The molecule has 0 atom stereocenters. The first-order valence-electron chi connectivity index (χ1n) is 6.03. The largest absolute Gasteiger partial charge is 0.328 e. The Morgan fingerprint density at radius 2 is 2.35 bits per heavy atom. The van der Waals surface area contributed by atoms with E-state index in [0.29, 0.717) is 10.9 Å². The highest BCUT2D eigenvalue weighted by Crippen LogP contribution is 2.20. The first-order chi connectivity index (χ1) is 9.79. The fraction of sp³-hybridized carbons (Fsp3) is 0.182. The molecule has 0 spiro atoms. The molecule has 0 saturated heterocycles. The molecule has 0 saturated carbocycles. The number of fused-ring (bicyclic) bond motifs is 1. The molecule has 0 radical (unpaired) electrons. The number of aromatic nitrogens is 3. The first kappa shape index (κ1) is 12.8. The van der Waals surface area contributed by atoms with Crippen molar-refractivity contribution in [3.05, 3.63) is 30.5 Å². The van der Waals surface area contributed by atoms with Crippen LogP contribution in [0.1, 0.15) is 5.69 Å². The van der Waals surface area contributed by atoms with E-state index in [1.165, 1.54) is 0 Å². The predicted octanol–water partition coefficient (Wildman–Crippen LogP) is -0.401. The standard InChI is InChI=1S/C11H14N8S/c1-12-18-11(20)17-9-10-14-6-8(7-4-15-16-5-7)19(10)3-2-13-9/h2-4,6,12,15-16H,5H2,1H3,(H2,13,17,18,20). The second-order valence-corrected chi connectivity index (χ2v) is 4.52. The van der Waals surface area contributed by atoms with Crippen molar-refractivity contribution in [1.82, 2.24) is 36.1 Å². The Morgan fingerprint density at radius 3 is 3.10 bits per heavy atom. The fourth-order valence-corrected chi connectivity index (χ4v) is 2.20. The highest BCUT2D eigenvalue weighted by Gasteiger charge is 2.14. The van der Waals surface area contributed by atoms with Gasteiger partial charge in [-0.05, 0) is 12.2 Å². The van der Waals surface area contributed by atoms with E-state index in [-0.39, 0.29) is 0 Å². The number of imidazole rings is 1. The van der Waals surface area contributed by atoms with E-state index in [4.69, 9.17) is 12.2 Å². The third-order valence-electron chi connectivity index (χ3n) is 2.85. The van der Waals surface area contributed by atoms with Crippen LogP contribution in [0.3, 0.4) is 0 Å². The minimum Gasteiger partial charge on any atom is -0.328 e. The smallest absolute Gasteiger partial charge is 0.186 e. The maximum Gasteiger partial charge on any atom is 0.186 e.